The van der Waals surface area contributed by atoms with Gasteiger partial charge in [0.05, 0.1) is 5.56 Å². The zero-order valence-corrected chi connectivity index (χ0v) is 19.7. The normalized spacial score (nSPS) is 19.3. The monoisotopic (exact) mass is 512 g/mol. The Hall–Kier alpha value is -1.91. The Labute approximate surface area is 194 Å². The maximum Gasteiger partial charge on any atom is 0.416 e. The average Bonchev–Trinajstić information content (AvgIpc) is 3.31. The van der Waals surface area contributed by atoms with E-state index in [1.807, 2.05) is 13.1 Å². The van der Waals surface area contributed by atoms with Crippen molar-refractivity contribution < 1.29 is 13.2 Å². The van der Waals surface area contributed by atoms with Gasteiger partial charge in [0.25, 0.3) is 0 Å². The third-order valence-electron chi connectivity index (χ3n) is 6.29. The van der Waals surface area contributed by atoms with E-state index < -0.39 is 11.7 Å². The van der Waals surface area contributed by atoms with Crippen LogP contribution in [0.4, 0.5) is 24.8 Å². The molecule has 1 aromatic carbocycles. The van der Waals surface area contributed by atoms with Crippen molar-refractivity contribution in [3.05, 3.63) is 46.2 Å². The summed E-state index contributed by atoms with van der Waals surface area (Å²) in [6.07, 6.45) is -0.494. The lowest BCUT2D eigenvalue weighted by atomic mass is 10.0. The molecule has 0 bridgehead atoms. The van der Waals surface area contributed by atoms with Crippen LogP contribution in [0.3, 0.4) is 0 Å². The first kappa shape index (κ1) is 23.3. The molecule has 2 fully saturated rings. The predicted octanol–water partition coefficient (Wildman–Crippen LogP) is 4.26. The van der Waals surface area contributed by atoms with Crippen LogP contribution in [-0.4, -0.2) is 72.6 Å². The van der Waals surface area contributed by atoms with Crippen LogP contribution >= 0.6 is 15.9 Å². The van der Waals surface area contributed by atoms with E-state index in [1.54, 1.807) is 0 Å². The van der Waals surface area contributed by atoms with Gasteiger partial charge in [0.1, 0.15) is 22.4 Å². The van der Waals surface area contributed by atoms with Gasteiger partial charge in [-0.05, 0) is 59.6 Å². The molecule has 0 radical (unpaired) electrons. The summed E-state index contributed by atoms with van der Waals surface area (Å²) in [7, 11) is 1.81. The minimum absolute atomic E-state index is 0.0701. The Morgan fingerprint density at radius 2 is 1.78 bits per heavy atom. The lowest BCUT2D eigenvalue weighted by molar-refractivity contribution is -0.137. The first-order valence-corrected chi connectivity index (χ1v) is 11.7. The minimum atomic E-state index is -4.34. The molecule has 2 aromatic rings. The number of hydrogen-bond donors (Lipinski definition) is 1. The predicted molar refractivity (Wildman–Crippen MR) is 123 cm³/mol. The summed E-state index contributed by atoms with van der Waals surface area (Å²) < 4.78 is 40.9. The number of likely N-dealkylation sites (tertiary alicyclic amines) is 1. The first-order valence-electron chi connectivity index (χ1n) is 10.9. The fourth-order valence-electron chi connectivity index (χ4n) is 4.56. The highest BCUT2D eigenvalue weighted by molar-refractivity contribution is 9.10. The van der Waals surface area contributed by atoms with E-state index in [9.17, 15) is 13.2 Å². The molecule has 0 saturated carbocycles. The van der Waals surface area contributed by atoms with E-state index in [1.165, 1.54) is 18.5 Å². The molecule has 2 aliphatic heterocycles. The summed E-state index contributed by atoms with van der Waals surface area (Å²) in [5.74, 6) is 1.56. The number of rotatable bonds is 6. The van der Waals surface area contributed by atoms with E-state index >= 15 is 0 Å². The van der Waals surface area contributed by atoms with Gasteiger partial charge in [0.2, 0.25) is 0 Å². The van der Waals surface area contributed by atoms with Crippen molar-refractivity contribution in [1.29, 1.82) is 0 Å². The van der Waals surface area contributed by atoms with Crippen molar-refractivity contribution in [1.82, 2.24) is 19.8 Å². The second-order valence-electron chi connectivity index (χ2n) is 8.28. The molecule has 32 heavy (non-hydrogen) atoms. The highest BCUT2D eigenvalue weighted by Crippen LogP contribution is 2.34. The molecule has 6 nitrogen and oxygen atoms in total. The Bertz CT molecular complexity index is 911. The molecule has 0 spiro atoms. The first-order chi connectivity index (χ1) is 15.4. The van der Waals surface area contributed by atoms with Gasteiger partial charge in [0, 0.05) is 45.8 Å². The summed E-state index contributed by atoms with van der Waals surface area (Å²) in [6.45, 7) is 5.76. The van der Waals surface area contributed by atoms with Gasteiger partial charge in [-0.2, -0.15) is 13.2 Å². The van der Waals surface area contributed by atoms with Crippen LogP contribution < -0.4 is 10.2 Å². The van der Waals surface area contributed by atoms with E-state index in [-0.39, 0.29) is 6.04 Å². The third kappa shape index (κ3) is 5.18. The van der Waals surface area contributed by atoms with Crippen LogP contribution in [-0.2, 0) is 6.18 Å². The van der Waals surface area contributed by atoms with Crippen LogP contribution in [0.2, 0.25) is 0 Å². The molecule has 2 saturated heterocycles. The molecule has 174 valence electrons. The van der Waals surface area contributed by atoms with Crippen LogP contribution in [0.25, 0.3) is 0 Å². The topological polar surface area (TPSA) is 47.5 Å². The number of piperazine rings is 1. The van der Waals surface area contributed by atoms with Gasteiger partial charge in [-0.15, -0.1) is 0 Å². The molecule has 1 unspecified atom stereocenters. The number of aromatic nitrogens is 2. The van der Waals surface area contributed by atoms with Crippen LogP contribution in [0.5, 0.6) is 0 Å². The van der Waals surface area contributed by atoms with Crippen molar-refractivity contribution in [3.63, 3.8) is 0 Å². The Morgan fingerprint density at radius 1 is 1.06 bits per heavy atom. The van der Waals surface area contributed by atoms with Crippen LogP contribution in [0.15, 0.2) is 35.1 Å². The molecular formula is C22H28BrF3N6. The molecule has 2 aliphatic rings. The molecule has 0 aliphatic carbocycles. The molecule has 1 N–H and O–H groups in total. The Balaban J connectivity index is 1.53. The smallest absolute Gasteiger partial charge is 0.372 e. The molecule has 3 heterocycles. The number of anilines is 2. The standard InChI is InChI=1S/C22H28BrF3N6/c1-27-20-19(23)21(29-15-28-20)32-11-9-31(10-12-32)18(14-30-7-2-3-8-30)16-5-4-6-17(13-16)22(24,25)26/h4-6,13,15,18H,2-3,7-12,14H2,1H3,(H,27,28,29). The summed E-state index contributed by atoms with van der Waals surface area (Å²) in [6, 6.07) is 5.78. The van der Waals surface area contributed by atoms with Crippen LogP contribution in [0, 0.1) is 0 Å². The maximum absolute atomic E-state index is 13.4. The van der Waals surface area contributed by atoms with Gasteiger partial charge in [-0.1, -0.05) is 12.1 Å². The van der Waals surface area contributed by atoms with Crippen LogP contribution in [0.1, 0.15) is 30.0 Å². The fraction of sp³-hybridized carbons (Fsp3) is 0.545. The Kier molecular flexibility index (Phi) is 7.21. The van der Waals surface area contributed by atoms with Gasteiger partial charge in [0.15, 0.2) is 0 Å². The van der Waals surface area contributed by atoms with E-state index in [0.29, 0.717) is 0 Å². The van der Waals surface area contributed by atoms with Gasteiger partial charge < -0.3 is 15.1 Å². The van der Waals surface area contributed by atoms with E-state index in [2.05, 4.69) is 45.9 Å². The SMILES string of the molecule is CNc1ncnc(N2CCN(C(CN3CCCC3)c3cccc(C(F)(F)F)c3)CC2)c1Br. The molecule has 1 aromatic heterocycles. The molecule has 1 atom stereocenters. The van der Waals surface area contributed by atoms with Crippen molar-refractivity contribution in [3.8, 4) is 0 Å². The van der Waals surface area contributed by atoms with Crippen molar-refractivity contribution in [2.75, 3.05) is 63.1 Å². The molecular weight excluding hydrogens is 485 g/mol. The van der Waals surface area contributed by atoms with Crippen molar-refractivity contribution in [2.45, 2.75) is 25.1 Å². The largest absolute Gasteiger partial charge is 0.416 e. The molecule has 0 amide bonds. The number of benzene rings is 1. The summed E-state index contributed by atoms with van der Waals surface area (Å²) in [5.41, 5.74) is 0.158. The fourth-order valence-corrected chi connectivity index (χ4v) is 5.22. The van der Waals surface area contributed by atoms with Gasteiger partial charge >= 0.3 is 6.18 Å². The molecule has 10 heteroatoms. The highest BCUT2D eigenvalue weighted by Gasteiger charge is 2.33. The number of hydrogen-bond acceptors (Lipinski definition) is 6. The molecule has 4 rings (SSSR count). The van der Waals surface area contributed by atoms with Crippen molar-refractivity contribution >= 4 is 27.6 Å². The van der Waals surface area contributed by atoms with E-state index in [0.717, 1.165) is 86.4 Å². The Morgan fingerprint density at radius 3 is 2.44 bits per heavy atom. The summed E-state index contributed by atoms with van der Waals surface area (Å²) in [5, 5.41) is 3.05. The number of nitrogens with zero attached hydrogens (tertiary/aromatic N) is 5. The second kappa shape index (κ2) is 9.93. The lowest BCUT2D eigenvalue weighted by Crippen LogP contribution is -2.50. The number of nitrogens with one attached hydrogen (secondary N) is 1. The quantitative estimate of drug-likeness (QED) is 0.623. The second-order valence-corrected chi connectivity index (χ2v) is 9.07. The zero-order valence-electron chi connectivity index (χ0n) is 18.1. The number of alkyl halides is 3. The van der Waals surface area contributed by atoms with Gasteiger partial charge in [-0.3, -0.25) is 4.90 Å². The van der Waals surface area contributed by atoms with Gasteiger partial charge in [-0.25, -0.2) is 9.97 Å². The average molecular weight is 513 g/mol. The summed E-state index contributed by atoms with van der Waals surface area (Å²) in [4.78, 5) is 15.5. The van der Waals surface area contributed by atoms with E-state index in [4.69, 9.17) is 0 Å². The zero-order chi connectivity index (χ0) is 22.7. The lowest BCUT2D eigenvalue weighted by Gasteiger charge is -2.41. The maximum atomic E-state index is 13.4. The summed E-state index contributed by atoms with van der Waals surface area (Å²) >= 11 is 3.59. The highest BCUT2D eigenvalue weighted by atomic mass is 79.9. The van der Waals surface area contributed by atoms with Crippen molar-refractivity contribution in [2.24, 2.45) is 0 Å². The minimum Gasteiger partial charge on any atom is -0.372 e. The number of halogens is 4. The third-order valence-corrected chi connectivity index (χ3v) is 7.02.